The van der Waals surface area contributed by atoms with Crippen LogP contribution in [0.1, 0.15) is 53.3 Å². The molecule has 0 aromatic carbocycles. The molecule has 44 heavy (non-hydrogen) atoms. The van der Waals surface area contributed by atoms with E-state index in [9.17, 15) is 32.7 Å². The van der Waals surface area contributed by atoms with E-state index in [4.69, 9.17) is 17.8 Å². The molecule has 3 rings (SSSR count). The molecule has 0 bridgehead atoms. The number of carboxylic acids is 1. The number of carbonyl (C=O) groups is 2. The quantitative estimate of drug-likeness (QED) is 0.246. The number of aryl methyl sites for hydroxylation is 1. The third-order valence-corrected chi connectivity index (χ3v) is 19.2. The van der Waals surface area contributed by atoms with Crippen molar-refractivity contribution in [3.8, 4) is 0 Å². The summed E-state index contributed by atoms with van der Waals surface area (Å²) in [5, 5.41) is 11.5. The van der Waals surface area contributed by atoms with Crippen molar-refractivity contribution in [2.75, 3.05) is 6.61 Å². The fourth-order valence-corrected chi connectivity index (χ4v) is 8.04. The summed E-state index contributed by atoms with van der Waals surface area (Å²) in [6.07, 6.45) is -2.83. The van der Waals surface area contributed by atoms with Crippen LogP contribution in [0.5, 0.6) is 0 Å². The van der Waals surface area contributed by atoms with Crippen LogP contribution in [0.3, 0.4) is 0 Å². The Hall–Kier alpha value is -2.42. The number of amides is 1. The predicted molar refractivity (Wildman–Crippen MR) is 166 cm³/mol. The molecule has 3 heterocycles. The Balaban J connectivity index is 2.38. The number of hydrogen-bond donors (Lipinski definition) is 2. The van der Waals surface area contributed by atoms with Gasteiger partial charge in [0, 0.05) is 18.8 Å². The summed E-state index contributed by atoms with van der Waals surface area (Å²) in [6.45, 7) is 20.9. The molecule has 1 aromatic rings. The number of nitrogens with one attached hydrogen (secondary N) is 1. The third kappa shape index (κ3) is 6.45. The van der Waals surface area contributed by atoms with E-state index in [0.717, 1.165) is 9.13 Å². The molecular formula is C27H45N3O11SSi2. The van der Waals surface area contributed by atoms with Gasteiger partial charge in [-0.15, -0.1) is 0 Å². The van der Waals surface area contributed by atoms with Crippen molar-refractivity contribution in [1.29, 1.82) is 0 Å². The first kappa shape index (κ1) is 36.1. The Bertz CT molecular complexity index is 1600. The number of nitrogens with zero attached hydrogens (tertiary/aromatic N) is 2. The second-order valence-electron chi connectivity index (χ2n) is 14.4. The van der Waals surface area contributed by atoms with E-state index in [-0.39, 0.29) is 17.2 Å². The molecule has 0 radical (unpaired) electrons. The lowest BCUT2D eigenvalue weighted by atomic mass is 9.89. The predicted octanol–water partition coefficient (Wildman–Crippen LogP) is 2.31. The van der Waals surface area contributed by atoms with Gasteiger partial charge in [-0.05, 0) is 43.2 Å². The zero-order chi connectivity index (χ0) is 34.0. The Labute approximate surface area is 259 Å². The van der Waals surface area contributed by atoms with E-state index in [1.165, 1.54) is 20.2 Å². The van der Waals surface area contributed by atoms with E-state index in [1.807, 2.05) is 67.7 Å². The van der Waals surface area contributed by atoms with E-state index < -0.39 is 84.7 Å². The number of carboxylic acid groups (broad SMARTS) is 1. The van der Waals surface area contributed by atoms with Gasteiger partial charge in [0.05, 0.1) is 17.7 Å². The summed E-state index contributed by atoms with van der Waals surface area (Å²) < 4.78 is 53.9. The number of aliphatic carboxylic acids is 1. The van der Waals surface area contributed by atoms with Crippen molar-refractivity contribution >= 4 is 38.6 Å². The average molecular weight is 676 g/mol. The SMILES string of the molecule is Cc1cn([C@@H]2OC(CO[Si](C)(C)C(C)(C)C)C3(OS(=O)(=O)C=C3NC(=O)C(=O)O)[C@H]2O[Si](C)(C)C(C)(C)C)c(=O)n(C)c1=O. The summed E-state index contributed by atoms with van der Waals surface area (Å²) in [4.78, 5) is 50.2. The normalized spacial score (nSPS) is 25.7. The van der Waals surface area contributed by atoms with Crippen molar-refractivity contribution in [2.45, 2.75) is 109 Å². The second kappa shape index (κ2) is 11.4. The molecule has 1 fully saturated rings. The summed E-state index contributed by atoms with van der Waals surface area (Å²) in [5.41, 5.74) is -3.69. The van der Waals surface area contributed by atoms with E-state index in [0.29, 0.717) is 5.41 Å². The van der Waals surface area contributed by atoms with Crippen molar-refractivity contribution in [1.82, 2.24) is 14.5 Å². The van der Waals surface area contributed by atoms with Gasteiger partial charge in [0.2, 0.25) is 0 Å². The summed E-state index contributed by atoms with van der Waals surface area (Å²) in [7, 11) is -8.63. The van der Waals surface area contributed by atoms with Crippen LogP contribution in [0.2, 0.25) is 36.3 Å². The van der Waals surface area contributed by atoms with E-state index in [2.05, 4.69) is 5.32 Å². The van der Waals surface area contributed by atoms with Gasteiger partial charge in [-0.3, -0.25) is 18.7 Å². The van der Waals surface area contributed by atoms with Crippen molar-refractivity contribution in [2.24, 2.45) is 7.05 Å². The van der Waals surface area contributed by atoms with Crippen LogP contribution in [0.4, 0.5) is 0 Å². The fourth-order valence-electron chi connectivity index (χ4n) is 4.51. The molecular weight excluding hydrogens is 631 g/mol. The highest BCUT2D eigenvalue weighted by Gasteiger charge is 2.68. The lowest BCUT2D eigenvalue weighted by Gasteiger charge is -2.44. The molecule has 1 amide bonds. The third-order valence-electron chi connectivity index (χ3n) is 9.23. The zero-order valence-corrected chi connectivity index (χ0v) is 30.2. The van der Waals surface area contributed by atoms with Crippen LogP contribution in [0.25, 0.3) is 0 Å². The van der Waals surface area contributed by atoms with Crippen LogP contribution >= 0.6 is 0 Å². The van der Waals surface area contributed by atoms with Gasteiger partial charge in [0.1, 0.15) is 12.2 Å². The molecule has 2 aliphatic rings. The highest BCUT2D eigenvalue weighted by atomic mass is 32.2. The molecule has 1 saturated heterocycles. The second-order valence-corrected chi connectivity index (χ2v) is 25.4. The Kier molecular flexibility index (Phi) is 9.37. The van der Waals surface area contributed by atoms with Crippen LogP contribution in [0.15, 0.2) is 26.9 Å². The maximum atomic E-state index is 13.5. The summed E-state index contributed by atoms with van der Waals surface area (Å²) >= 11 is 0. The lowest BCUT2D eigenvalue weighted by Crippen LogP contribution is -2.60. The summed E-state index contributed by atoms with van der Waals surface area (Å²) in [5.74, 6) is -3.37. The van der Waals surface area contributed by atoms with Gasteiger partial charge in [0.15, 0.2) is 28.5 Å². The van der Waals surface area contributed by atoms with Gasteiger partial charge in [0.25, 0.3) is 15.7 Å². The average Bonchev–Trinajstić information content (AvgIpc) is 3.29. The fraction of sp³-hybridized carbons (Fsp3) is 0.704. The molecule has 1 aromatic heterocycles. The van der Waals surface area contributed by atoms with E-state index in [1.54, 1.807) is 0 Å². The first-order chi connectivity index (χ1) is 19.7. The first-order valence-corrected chi connectivity index (χ1v) is 21.5. The molecule has 17 heteroatoms. The van der Waals surface area contributed by atoms with Gasteiger partial charge >= 0.3 is 17.6 Å². The molecule has 4 atom stereocenters. The first-order valence-electron chi connectivity index (χ1n) is 14.2. The van der Waals surface area contributed by atoms with Crippen LogP contribution in [-0.2, 0) is 44.5 Å². The van der Waals surface area contributed by atoms with Crippen molar-refractivity contribution in [3.63, 3.8) is 0 Å². The van der Waals surface area contributed by atoms with Crippen molar-refractivity contribution in [3.05, 3.63) is 43.7 Å². The Morgan fingerprint density at radius 3 is 2.11 bits per heavy atom. The van der Waals surface area contributed by atoms with Crippen LogP contribution < -0.4 is 16.6 Å². The standard InChI is InChI=1S/C27H45N3O11SSi2/c1-16-13-30(24(35)29(8)21(16)32)22-19(40-44(11,12)26(5,6)7)27(18(39-22)14-38-43(9,10)25(2,3)4)17(15-42(36,37)41-27)28-20(31)23(33)34/h13,15,18-19,22H,14H2,1-12H3,(H,28,31)(H,33,34)/t18?,19-,22+,27?/m0/s1. The molecule has 1 spiro atoms. The molecule has 248 valence electrons. The molecule has 2 aliphatic heterocycles. The Morgan fingerprint density at radius 1 is 1.07 bits per heavy atom. The van der Waals surface area contributed by atoms with Crippen LogP contribution in [-0.4, -0.2) is 75.6 Å². The number of hydrogen-bond acceptors (Lipinski definition) is 10. The van der Waals surface area contributed by atoms with Crippen LogP contribution in [0, 0.1) is 6.92 Å². The maximum absolute atomic E-state index is 13.5. The zero-order valence-electron chi connectivity index (χ0n) is 27.4. The Morgan fingerprint density at radius 2 is 1.61 bits per heavy atom. The maximum Gasteiger partial charge on any atom is 0.394 e. The minimum absolute atomic E-state index is 0.201. The van der Waals surface area contributed by atoms with Gasteiger partial charge in [-0.1, -0.05) is 41.5 Å². The minimum atomic E-state index is -4.54. The lowest BCUT2D eigenvalue weighted by molar-refractivity contribution is -0.150. The highest BCUT2D eigenvalue weighted by Crippen LogP contribution is 2.52. The molecule has 14 nitrogen and oxygen atoms in total. The highest BCUT2D eigenvalue weighted by molar-refractivity contribution is 7.90. The van der Waals surface area contributed by atoms with Gasteiger partial charge in [-0.25, -0.2) is 13.8 Å². The summed E-state index contributed by atoms with van der Waals surface area (Å²) in [6, 6.07) is 0. The molecule has 2 N–H and O–H groups in total. The number of rotatable bonds is 7. The monoisotopic (exact) mass is 675 g/mol. The molecule has 0 saturated carbocycles. The van der Waals surface area contributed by atoms with Gasteiger partial charge < -0.3 is 24.0 Å². The van der Waals surface area contributed by atoms with Gasteiger partial charge in [-0.2, -0.15) is 8.42 Å². The van der Waals surface area contributed by atoms with Crippen molar-refractivity contribution < 1.29 is 40.9 Å². The number of carbonyl (C=O) groups excluding carboxylic acids is 1. The number of ether oxygens (including phenoxy) is 1. The van der Waals surface area contributed by atoms with E-state index >= 15 is 0 Å². The topological polar surface area (TPSA) is 181 Å². The minimum Gasteiger partial charge on any atom is -0.474 e. The molecule has 0 aliphatic carbocycles. The largest absolute Gasteiger partial charge is 0.474 e. The number of aromatic nitrogens is 2. The smallest absolute Gasteiger partial charge is 0.394 e. The molecule has 2 unspecified atom stereocenters.